The third-order valence-electron chi connectivity index (χ3n) is 5.20. The van der Waals surface area contributed by atoms with Gasteiger partial charge in [0.1, 0.15) is 0 Å². The lowest BCUT2D eigenvalue weighted by Crippen LogP contribution is -2.40. The van der Waals surface area contributed by atoms with Gasteiger partial charge in [0.05, 0.1) is 0 Å². The molecule has 0 aromatic carbocycles. The van der Waals surface area contributed by atoms with Crippen LogP contribution in [0, 0.1) is 5.92 Å². The first-order valence-electron chi connectivity index (χ1n) is 8.52. The summed E-state index contributed by atoms with van der Waals surface area (Å²) in [6, 6.07) is 0.929. The maximum absolute atomic E-state index is 3.62. The summed E-state index contributed by atoms with van der Waals surface area (Å²) in [5, 5.41) is 3.62. The maximum atomic E-state index is 3.62. The Labute approximate surface area is 119 Å². The molecule has 2 atom stereocenters. The fourth-order valence-corrected chi connectivity index (χ4v) is 3.91. The molecule has 19 heavy (non-hydrogen) atoms. The second-order valence-corrected chi connectivity index (χ2v) is 6.21. The van der Waals surface area contributed by atoms with Gasteiger partial charge in [0.15, 0.2) is 0 Å². The topological polar surface area (TPSA) is 18.5 Å². The van der Waals surface area contributed by atoms with Crippen LogP contribution < -0.4 is 5.32 Å². The van der Waals surface area contributed by atoms with Crippen molar-refractivity contribution in [2.24, 2.45) is 5.92 Å². The Morgan fingerprint density at radius 3 is 2.63 bits per heavy atom. The Morgan fingerprint density at radius 1 is 1.05 bits per heavy atom. The molecule has 2 unspecified atom stereocenters. The van der Waals surface area contributed by atoms with E-state index >= 15 is 0 Å². The van der Waals surface area contributed by atoms with Gasteiger partial charge in [-0.15, -0.1) is 0 Å². The lowest BCUT2D eigenvalue weighted by molar-refractivity contribution is 0.182. The molecular formula is C16H33N3. The van der Waals surface area contributed by atoms with Crippen molar-refractivity contribution in [2.45, 2.75) is 52.0 Å². The quantitative estimate of drug-likeness (QED) is 0.680. The standard InChI is InChI=1S/C16H33N3/c1-3-18(4-2)13-10-17-11-14-19-12-9-15-7-5-6-8-16(15)19/h15-17H,3-14H2,1-2H3. The summed E-state index contributed by atoms with van der Waals surface area (Å²) in [7, 11) is 0. The van der Waals surface area contributed by atoms with Gasteiger partial charge in [0, 0.05) is 32.2 Å². The SMILES string of the molecule is CCN(CC)CCNCCN1CCC2CCCCC21. The second kappa shape index (κ2) is 8.23. The first-order chi connectivity index (χ1) is 9.35. The Morgan fingerprint density at radius 2 is 1.84 bits per heavy atom. The second-order valence-electron chi connectivity index (χ2n) is 6.21. The zero-order valence-corrected chi connectivity index (χ0v) is 13.0. The van der Waals surface area contributed by atoms with E-state index in [1.165, 1.54) is 71.4 Å². The molecule has 0 aromatic heterocycles. The van der Waals surface area contributed by atoms with Gasteiger partial charge in [-0.3, -0.25) is 4.90 Å². The van der Waals surface area contributed by atoms with E-state index in [-0.39, 0.29) is 0 Å². The van der Waals surface area contributed by atoms with Gasteiger partial charge in [0.2, 0.25) is 0 Å². The van der Waals surface area contributed by atoms with Crippen molar-refractivity contribution in [1.29, 1.82) is 0 Å². The minimum absolute atomic E-state index is 0.929. The molecule has 0 amide bonds. The molecule has 1 aliphatic carbocycles. The van der Waals surface area contributed by atoms with Crippen molar-refractivity contribution in [2.75, 3.05) is 45.8 Å². The van der Waals surface area contributed by atoms with Crippen molar-refractivity contribution in [3.05, 3.63) is 0 Å². The number of likely N-dealkylation sites (tertiary alicyclic amines) is 1. The number of nitrogens with one attached hydrogen (secondary N) is 1. The molecule has 0 spiro atoms. The van der Waals surface area contributed by atoms with E-state index in [0.717, 1.165) is 18.5 Å². The van der Waals surface area contributed by atoms with Gasteiger partial charge in [0.25, 0.3) is 0 Å². The Bertz CT molecular complexity index is 240. The molecule has 1 saturated carbocycles. The molecule has 3 nitrogen and oxygen atoms in total. The van der Waals surface area contributed by atoms with Crippen molar-refractivity contribution in [3.8, 4) is 0 Å². The van der Waals surface area contributed by atoms with Crippen LogP contribution in [0.5, 0.6) is 0 Å². The average Bonchev–Trinajstić information content (AvgIpc) is 2.86. The predicted molar refractivity (Wildman–Crippen MR) is 82.6 cm³/mol. The zero-order chi connectivity index (χ0) is 13.5. The van der Waals surface area contributed by atoms with Gasteiger partial charge in [-0.05, 0) is 44.8 Å². The molecular weight excluding hydrogens is 234 g/mol. The summed E-state index contributed by atoms with van der Waals surface area (Å²) in [5.41, 5.74) is 0. The number of fused-ring (bicyclic) bond motifs is 1. The van der Waals surface area contributed by atoms with Crippen molar-refractivity contribution in [1.82, 2.24) is 15.1 Å². The molecule has 2 rings (SSSR count). The summed E-state index contributed by atoms with van der Waals surface area (Å²) in [6.45, 7) is 13.0. The summed E-state index contributed by atoms with van der Waals surface area (Å²) in [6.07, 6.45) is 7.37. The summed E-state index contributed by atoms with van der Waals surface area (Å²) in [5.74, 6) is 1.03. The monoisotopic (exact) mass is 267 g/mol. The molecule has 1 saturated heterocycles. The van der Waals surface area contributed by atoms with E-state index < -0.39 is 0 Å². The summed E-state index contributed by atoms with van der Waals surface area (Å²) >= 11 is 0. The summed E-state index contributed by atoms with van der Waals surface area (Å²) in [4.78, 5) is 5.24. The molecule has 1 aliphatic heterocycles. The lowest BCUT2D eigenvalue weighted by Gasteiger charge is -2.31. The Kier molecular flexibility index (Phi) is 6.62. The molecule has 2 aliphatic rings. The van der Waals surface area contributed by atoms with Crippen LogP contribution in [0.25, 0.3) is 0 Å². The van der Waals surface area contributed by atoms with Gasteiger partial charge in [-0.1, -0.05) is 26.7 Å². The smallest absolute Gasteiger partial charge is 0.0124 e. The van der Waals surface area contributed by atoms with Crippen molar-refractivity contribution >= 4 is 0 Å². The third-order valence-corrected chi connectivity index (χ3v) is 5.20. The van der Waals surface area contributed by atoms with Crippen LogP contribution >= 0.6 is 0 Å². The number of nitrogens with zero attached hydrogens (tertiary/aromatic N) is 2. The number of hydrogen-bond donors (Lipinski definition) is 1. The molecule has 1 heterocycles. The van der Waals surface area contributed by atoms with Gasteiger partial charge >= 0.3 is 0 Å². The maximum Gasteiger partial charge on any atom is 0.0124 e. The van der Waals surface area contributed by atoms with E-state index in [2.05, 4.69) is 29.0 Å². The molecule has 0 radical (unpaired) electrons. The molecule has 0 aromatic rings. The zero-order valence-electron chi connectivity index (χ0n) is 13.0. The minimum atomic E-state index is 0.929. The Hall–Kier alpha value is -0.120. The normalized spacial score (nSPS) is 27.9. The molecule has 112 valence electrons. The van der Waals surface area contributed by atoms with Crippen LogP contribution in [0.15, 0.2) is 0 Å². The van der Waals surface area contributed by atoms with Crippen LogP contribution in [0.3, 0.4) is 0 Å². The van der Waals surface area contributed by atoms with Crippen LogP contribution in [-0.2, 0) is 0 Å². The van der Waals surface area contributed by atoms with Crippen LogP contribution in [0.2, 0.25) is 0 Å². The van der Waals surface area contributed by atoms with E-state index in [1.54, 1.807) is 0 Å². The lowest BCUT2D eigenvalue weighted by atomic mass is 9.85. The fourth-order valence-electron chi connectivity index (χ4n) is 3.91. The van der Waals surface area contributed by atoms with Gasteiger partial charge in [-0.25, -0.2) is 0 Å². The van der Waals surface area contributed by atoms with Crippen LogP contribution in [0.4, 0.5) is 0 Å². The first kappa shape index (κ1) is 15.3. The number of likely N-dealkylation sites (N-methyl/N-ethyl adjacent to an activating group) is 1. The minimum Gasteiger partial charge on any atom is -0.314 e. The van der Waals surface area contributed by atoms with E-state index in [9.17, 15) is 0 Å². The molecule has 0 bridgehead atoms. The highest BCUT2D eigenvalue weighted by Gasteiger charge is 2.34. The predicted octanol–water partition coefficient (Wildman–Crippen LogP) is 2.18. The molecule has 1 N–H and O–H groups in total. The van der Waals surface area contributed by atoms with Gasteiger partial charge in [-0.2, -0.15) is 0 Å². The number of rotatable bonds is 8. The van der Waals surface area contributed by atoms with E-state index in [4.69, 9.17) is 0 Å². The van der Waals surface area contributed by atoms with Crippen LogP contribution in [-0.4, -0.2) is 61.7 Å². The van der Waals surface area contributed by atoms with Crippen LogP contribution in [0.1, 0.15) is 46.0 Å². The highest BCUT2D eigenvalue weighted by Crippen LogP contribution is 2.35. The third kappa shape index (κ3) is 4.44. The first-order valence-corrected chi connectivity index (χ1v) is 8.52. The van der Waals surface area contributed by atoms with Crippen molar-refractivity contribution < 1.29 is 0 Å². The average molecular weight is 267 g/mol. The highest BCUT2D eigenvalue weighted by atomic mass is 15.2. The Balaban J connectivity index is 1.56. The molecule has 3 heteroatoms. The van der Waals surface area contributed by atoms with E-state index in [0.29, 0.717) is 0 Å². The largest absolute Gasteiger partial charge is 0.314 e. The highest BCUT2D eigenvalue weighted by molar-refractivity contribution is 4.89. The van der Waals surface area contributed by atoms with Gasteiger partial charge < -0.3 is 10.2 Å². The van der Waals surface area contributed by atoms with Crippen molar-refractivity contribution in [3.63, 3.8) is 0 Å². The van der Waals surface area contributed by atoms with E-state index in [1.807, 2.05) is 0 Å². The summed E-state index contributed by atoms with van der Waals surface area (Å²) < 4.78 is 0. The fraction of sp³-hybridized carbons (Fsp3) is 1.00. The molecule has 2 fully saturated rings. The number of hydrogen-bond acceptors (Lipinski definition) is 3.